The molecule has 0 fully saturated rings. The molecule has 2 aromatic rings. The number of aryl methyl sites for hydroxylation is 2. The minimum Gasteiger partial charge on any atom is -0.493 e. The number of unbranched alkanes of at least 4 members (excludes halogenated alkanes) is 1. The summed E-state index contributed by atoms with van der Waals surface area (Å²) >= 11 is 0. The third kappa shape index (κ3) is 4.76. The molecule has 3 rings (SSSR count). The van der Waals surface area contributed by atoms with Gasteiger partial charge in [0, 0.05) is 23.4 Å². The molecule has 0 radical (unpaired) electrons. The smallest absolute Gasteiger partial charge is 0.339 e. The molecular weight excluding hydrogens is 394 g/mol. The number of ketones is 1. The zero-order valence-corrected chi connectivity index (χ0v) is 18.3. The summed E-state index contributed by atoms with van der Waals surface area (Å²) in [6, 6.07) is 7.05. The lowest BCUT2D eigenvalue weighted by atomic mass is 9.97. The van der Waals surface area contributed by atoms with E-state index in [0.717, 1.165) is 36.1 Å². The number of fused-ring (bicyclic) bond motifs is 1. The van der Waals surface area contributed by atoms with Gasteiger partial charge in [-0.1, -0.05) is 26.3 Å². The second kappa shape index (κ2) is 9.73. The maximum absolute atomic E-state index is 13.1. The monoisotopic (exact) mass is 423 g/mol. The van der Waals surface area contributed by atoms with Crippen LogP contribution in [-0.4, -0.2) is 45.7 Å². The van der Waals surface area contributed by atoms with Crippen molar-refractivity contribution in [1.82, 2.24) is 9.88 Å². The first kappa shape index (κ1) is 22.5. The molecule has 1 aromatic heterocycles. The van der Waals surface area contributed by atoms with Crippen LogP contribution in [0.1, 0.15) is 76.8 Å². The summed E-state index contributed by atoms with van der Waals surface area (Å²) in [5, 5.41) is 18.1. The number of carbonyl (C=O) groups excluding carboxylic acids is 1. The Bertz CT molecular complexity index is 1020. The largest absolute Gasteiger partial charge is 0.493 e. The van der Waals surface area contributed by atoms with Gasteiger partial charge in [-0.25, -0.2) is 9.78 Å². The first-order chi connectivity index (χ1) is 14.9. The van der Waals surface area contributed by atoms with E-state index in [4.69, 9.17) is 10.1 Å². The number of carboxylic acid groups (broad SMARTS) is 1. The molecule has 0 unspecified atom stereocenters. The topological polar surface area (TPSA) is 104 Å². The van der Waals surface area contributed by atoms with E-state index in [9.17, 15) is 14.7 Å². The number of Topliss-reactive ketones (excluding diaryl/α,β-unsaturated/α-hetero) is 1. The SMILES string of the molecule is CCCCc1cc(C(=O)CN2Cc3ccc(CC)nc3C2=N)cc(C(=O)O)c1OCC. The van der Waals surface area contributed by atoms with Crippen LogP contribution in [0.25, 0.3) is 0 Å². The normalized spacial score (nSPS) is 12.7. The van der Waals surface area contributed by atoms with E-state index in [1.54, 1.807) is 11.0 Å². The van der Waals surface area contributed by atoms with Crippen molar-refractivity contribution in [3.63, 3.8) is 0 Å². The molecule has 7 heteroatoms. The van der Waals surface area contributed by atoms with Gasteiger partial charge >= 0.3 is 5.97 Å². The fourth-order valence-electron chi connectivity index (χ4n) is 3.77. The zero-order chi connectivity index (χ0) is 22.5. The van der Waals surface area contributed by atoms with Crippen molar-refractivity contribution in [2.45, 2.75) is 53.0 Å². The predicted molar refractivity (Wildman–Crippen MR) is 118 cm³/mol. The Hall–Kier alpha value is -3.22. The Morgan fingerprint density at radius 1 is 1.23 bits per heavy atom. The molecule has 2 heterocycles. The third-order valence-corrected chi connectivity index (χ3v) is 5.44. The lowest BCUT2D eigenvalue weighted by molar-refractivity contribution is 0.0692. The van der Waals surface area contributed by atoms with Gasteiger partial charge in [0.05, 0.1) is 13.2 Å². The van der Waals surface area contributed by atoms with Crippen LogP contribution in [0.15, 0.2) is 24.3 Å². The lowest BCUT2D eigenvalue weighted by Gasteiger charge is -2.18. The molecule has 1 aliphatic rings. The van der Waals surface area contributed by atoms with E-state index in [1.807, 2.05) is 26.0 Å². The standard InChI is InChI=1S/C24H29N3O4/c1-4-7-8-15-11-17(12-19(24(29)30)22(15)31-6-3)20(28)14-27-13-16-9-10-18(5-2)26-21(16)23(27)25/h9-12,25H,4-8,13-14H2,1-3H3,(H,29,30). The van der Waals surface area contributed by atoms with Crippen molar-refractivity contribution in [1.29, 1.82) is 5.41 Å². The number of nitrogens with zero attached hydrogens (tertiary/aromatic N) is 2. The third-order valence-electron chi connectivity index (χ3n) is 5.44. The van der Waals surface area contributed by atoms with Crippen LogP contribution in [0.5, 0.6) is 5.75 Å². The van der Waals surface area contributed by atoms with Crippen LogP contribution in [0.2, 0.25) is 0 Å². The Labute approximate surface area is 182 Å². The number of rotatable bonds is 10. The van der Waals surface area contributed by atoms with Gasteiger partial charge in [0.15, 0.2) is 5.78 Å². The number of amidine groups is 1. The molecule has 31 heavy (non-hydrogen) atoms. The Kier molecular flexibility index (Phi) is 7.05. The Balaban J connectivity index is 1.88. The summed E-state index contributed by atoms with van der Waals surface area (Å²) < 4.78 is 5.63. The summed E-state index contributed by atoms with van der Waals surface area (Å²) in [5.41, 5.74) is 3.53. The first-order valence-electron chi connectivity index (χ1n) is 10.8. The molecule has 0 saturated heterocycles. The minimum atomic E-state index is -1.12. The number of nitrogens with one attached hydrogen (secondary N) is 1. The highest BCUT2D eigenvalue weighted by Crippen LogP contribution is 2.29. The predicted octanol–water partition coefficient (Wildman–Crippen LogP) is 4.11. The molecule has 0 bridgehead atoms. The van der Waals surface area contributed by atoms with Gasteiger partial charge in [-0.15, -0.1) is 0 Å². The number of carbonyl (C=O) groups is 2. The molecule has 0 spiro atoms. The van der Waals surface area contributed by atoms with Crippen molar-refractivity contribution in [2.75, 3.05) is 13.2 Å². The van der Waals surface area contributed by atoms with Crippen LogP contribution >= 0.6 is 0 Å². The van der Waals surface area contributed by atoms with Crippen LogP contribution in [0.4, 0.5) is 0 Å². The maximum atomic E-state index is 13.1. The number of ether oxygens (including phenoxy) is 1. The average molecular weight is 424 g/mol. The van der Waals surface area contributed by atoms with E-state index >= 15 is 0 Å². The van der Waals surface area contributed by atoms with Crippen molar-refractivity contribution in [3.05, 3.63) is 57.9 Å². The van der Waals surface area contributed by atoms with E-state index < -0.39 is 5.97 Å². The summed E-state index contributed by atoms with van der Waals surface area (Å²) in [5.74, 6) is -0.767. The number of carboxylic acids is 1. The molecule has 1 aliphatic heterocycles. The quantitative estimate of drug-likeness (QED) is 0.558. The van der Waals surface area contributed by atoms with Crippen LogP contribution in [0, 0.1) is 5.41 Å². The van der Waals surface area contributed by atoms with Gasteiger partial charge in [0.1, 0.15) is 22.8 Å². The molecule has 2 N–H and O–H groups in total. The number of benzene rings is 1. The molecule has 164 valence electrons. The van der Waals surface area contributed by atoms with Gasteiger partial charge in [-0.2, -0.15) is 0 Å². The van der Waals surface area contributed by atoms with Gasteiger partial charge in [-0.3, -0.25) is 10.2 Å². The highest BCUT2D eigenvalue weighted by Gasteiger charge is 2.28. The van der Waals surface area contributed by atoms with Crippen LogP contribution < -0.4 is 4.74 Å². The number of hydrogen-bond donors (Lipinski definition) is 2. The van der Waals surface area contributed by atoms with Gasteiger partial charge in [0.2, 0.25) is 0 Å². The minimum absolute atomic E-state index is 0.00307. The van der Waals surface area contributed by atoms with Crippen molar-refractivity contribution in [2.24, 2.45) is 0 Å². The highest BCUT2D eigenvalue weighted by atomic mass is 16.5. The second-order valence-electron chi connectivity index (χ2n) is 7.65. The second-order valence-corrected chi connectivity index (χ2v) is 7.65. The summed E-state index contributed by atoms with van der Waals surface area (Å²) in [4.78, 5) is 31.2. The Morgan fingerprint density at radius 2 is 2.00 bits per heavy atom. The molecule has 1 aromatic carbocycles. The van der Waals surface area contributed by atoms with E-state index in [2.05, 4.69) is 11.9 Å². The number of pyridine rings is 1. The van der Waals surface area contributed by atoms with E-state index in [1.165, 1.54) is 6.07 Å². The van der Waals surface area contributed by atoms with Crippen LogP contribution in [0.3, 0.4) is 0 Å². The van der Waals surface area contributed by atoms with Gasteiger partial charge < -0.3 is 14.7 Å². The van der Waals surface area contributed by atoms with Gasteiger partial charge in [0.25, 0.3) is 0 Å². The summed E-state index contributed by atoms with van der Waals surface area (Å²) in [6.07, 6.45) is 3.24. The van der Waals surface area contributed by atoms with Crippen LogP contribution in [-0.2, 0) is 19.4 Å². The maximum Gasteiger partial charge on any atom is 0.339 e. The molecule has 0 aliphatic carbocycles. The molecule has 0 amide bonds. The molecule has 0 saturated carbocycles. The number of aromatic carboxylic acids is 1. The fraction of sp³-hybridized carbons (Fsp3) is 0.417. The first-order valence-corrected chi connectivity index (χ1v) is 10.8. The lowest BCUT2D eigenvalue weighted by Crippen LogP contribution is -2.30. The van der Waals surface area contributed by atoms with Crippen molar-refractivity contribution in [3.8, 4) is 5.75 Å². The molecule has 0 atom stereocenters. The van der Waals surface area contributed by atoms with E-state index in [-0.39, 0.29) is 23.7 Å². The molecular formula is C24H29N3O4. The average Bonchev–Trinajstić information content (AvgIpc) is 3.07. The molecule has 7 nitrogen and oxygen atoms in total. The Morgan fingerprint density at radius 3 is 2.65 bits per heavy atom. The van der Waals surface area contributed by atoms with Crippen molar-refractivity contribution < 1.29 is 19.4 Å². The number of hydrogen-bond acceptors (Lipinski definition) is 5. The highest BCUT2D eigenvalue weighted by molar-refractivity contribution is 6.05. The van der Waals surface area contributed by atoms with E-state index in [0.29, 0.717) is 36.6 Å². The number of aromatic nitrogens is 1. The fourth-order valence-corrected chi connectivity index (χ4v) is 3.77. The van der Waals surface area contributed by atoms with Gasteiger partial charge in [-0.05, 0) is 49.9 Å². The zero-order valence-electron chi connectivity index (χ0n) is 18.3. The summed E-state index contributed by atoms with van der Waals surface area (Å²) in [6.45, 7) is 6.67. The van der Waals surface area contributed by atoms with Crippen molar-refractivity contribution >= 4 is 17.6 Å². The summed E-state index contributed by atoms with van der Waals surface area (Å²) in [7, 11) is 0.